The molecule has 0 radical (unpaired) electrons. The molecule has 0 amide bonds. The Balaban J connectivity index is 1.91. The van der Waals surface area contributed by atoms with Gasteiger partial charge in [0.2, 0.25) is 5.76 Å². The van der Waals surface area contributed by atoms with Crippen molar-refractivity contribution < 1.29 is 13.9 Å². The lowest BCUT2D eigenvalue weighted by Crippen LogP contribution is -2.10. The molecule has 6 nitrogen and oxygen atoms in total. The molecule has 0 unspecified atom stereocenters. The topological polar surface area (TPSA) is 85.2 Å². The Bertz CT molecular complexity index is 830. The zero-order valence-corrected chi connectivity index (χ0v) is 11.3. The zero-order chi connectivity index (χ0) is 14.1. The van der Waals surface area contributed by atoms with Crippen molar-refractivity contribution in [3.05, 3.63) is 51.3 Å². The summed E-state index contributed by atoms with van der Waals surface area (Å²) in [5.74, 6) is 0.613. The molecule has 0 spiro atoms. The maximum absolute atomic E-state index is 11.8. The molecule has 1 N–H and O–H groups in total. The van der Waals surface area contributed by atoms with Gasteiger partial charge in [-0.3, -0.25) is 4.79 Å². The average Bonchev–Trinajstić information content (AvgIpc) is 3.07. The fraction of sp³-hybridized carbons (Fsp3) is 0.154. The lowest BCUT2D eigenvalue weighted by Gasteiger charge is -1.98. The molecule has 3 rings (SSSR count). The predicted molar refractivity (Wildman–Crippen MR) is 73.1 cm³/mol. The molecule has 0 aliphatic rings. The summed E-state index contributed by atoms with van der Waals surface area (Å²) in [5, 5.41) is 1.82. The Labute approximate surface area is 117 Å². The zero-order valence-electron chi connectivity index (χ0n) is 10.5. The third kappa shape index (κ3) is 2.23. The highest BCUT2D eigenvalue weighted by Gasteiger charge is 2.13. The normalized spacial score (nSPS) is 10.8. The number of fused-ring (bicyclic) bond motifs is 1. The number of rotatable bonds is 3. The van der Waals surface area contributed by atoms with Crippen LogP contribution in [0.15, 0.2) is 32.8 Å². The van der Waals surface area contributed by atoms with Crippen LogP contribution in [0.2, 0.25) is 0 Å². The van der Waals surface area contributed by atoms with Crippen molar-refractivity contribution in [2.24, 2.45) is 0 Å². The van der Waals surface area contributed by atoms with Gasteiger partial charge in [0.1, 0.15) is 16.3 Å². The van der Waals surface area contributed by atoms with Gasteiger partial charge in [0.15, 0.2) is 0 Å². The maximum atomic E-state index is 11.8. The monoisotopic (exact) mass is 290 g/mol. The minimum Gasteiger partial charge on any atom is -0.463 e. The number of H-pyrrole nitrogens is 1. The van der Waals surface area contributed by atoms with E-state index in [4.69, 9.17) is 4.42 Å². The second-order valence-electron chi connectivity index (χ2n) is 4.08. The highest BCUT2D eigenvalue weighted by molar-refractivity contribution is 7.17. The third-order valence-electron chi connectivity index (χ3n) is 2.75. The van der Waals surface area contributed by atoms with E-state index in [-0.39, 0.29) is 11.3 Å². The van der Waals surface area contributed by atoms with E-state index in [0.29, 0.717) is 28.2 Å². The summed E-state index contributed by atoms with van der Waals surface area (Å²) in [5.41, 5.74) is 0.494. The van der Waals surface area contributed by atoms with Crippen LogP contribution < -0.4 is 5.56 Å². The van der Waals surface area contributed by atoms with Gasteiger partial charge in [-0.15, -0.1) is 11.3 Å². The van der Waals surface area contributed by atoms with Crippen LogP contribution in [-0.4, -0.2) is 23.0 Å². The number of hydrogen-bond acceptors (Lipinski definition) is 6. The molecule has 102 valence electrons. The summed E-state index contributed by atoms with van der Waals surface area (Å²) in [6, 6.07) is 4.98. The molecule has 0 bridgehead atoms. The van der Waals surface area contributed by atoms with Crippen LogP contribution in [0, 0.1) is 0 Å². The van der Waals surface area contributed by atoms with E-state index < -0.39 is 5.97 Å². The van der Waals surface area contributed by atoms with Gasteiger partial charge >= 0.3 is 5.97 Å². The van der Waals surface area contributed by atoms with Gasteiger partial charge in [-0.2, -0.15) is 0 Å². The first kappa shape index (κ1) is 12.6. The first-order chi connectivity index (χ1) is 9.67. The van der Waals surface area contributed by atoms with Crippen LogP contribution >= 0.6 is 11.3 Å². The lowest BCUT2D eigenvalue weighted by molar-refractivity contribution is 0.0563. The number of thiophene rings is 1. The average molecular weight is 290 g/mol. The summed E-state index contributed by atoms with van der Waals surface area (Å²) >= 11 is 1.35. The third-order valence-corrected chi connectivity index (χ3v) is 3.66. The summed E-state index contributed by atoms with van der Waals surface area (Å²) in [4.78, 5) is 30.2. The molecule has 20 heavy (non-hydrogen) atoms. The standard InChI is InChI=1S/C13H10N2O4S/c1-18-13(17)9-3-2-7(19-9)6-10-14-8-4-5-20-11(8)12(16)15-10/h2-5H,6H2,1H3,(H,14,15,16). The summed E-state index contributed by atoms with van der Waals surface area (Å²) in [7, 11) is 1.29. The maximum Gasteiger partial charge on any atom is 0.373 e. The molecular formula is C13H10N2O4S. The molecule has 3 aromatic heterocycles. The smallest absolute Gasteiger partial charge is 0.373 e. The van der Waals surface area contributed by atoms with E-state index >= 15 is 0 Å². The van der Waals surface area contributed by atoms with Crippen LogP contribution in [0.5, 0.6) is 0 Å². The van der Waals surface area contributed by atoms with Crippen LogP contribution in [0.1, 0.15) is 22.1 Å². The number of methoxy groups -OCH3 is 1. The van der Waals surface area contributed by atoms with Crippen molar-refractivity contribution in [1.82, 2.24) is 9.97 Å². The van der Waals surface area contributed by atoms with E-state index in [1.165, 1.54) is 24.5 Å². The number of carbonyl (C=O) groups is 1. The Morgan fingerprint density at radius 1 is 1.45 bits per heavy atom. The Morgan fingerprint density at radius 2 is 2.30 bits per heavy atom. The van der Waals surface area contributed by atoms with Gasteiger partial charge < -0.3 is 14.1 Å². The van der Waals surface area contributed by atoms with Gasteiger partial charge in [-0.05, 0) is 23.6 Å². The van der Waals surface area contributed by atoms with Crippen molar-refractivity contribution in [1.29, 1.82) is 0 Å². The number of nitrogens with zero attached hydrogens (tertiary/aromatic N) is 1. The molecule has 0 aliphatic carbocycles. The van der Waals surface area contributed by atoms with E-state index in [1.807, 2.05) is 5.38 Å². The number of furan rings is 1. The molecule has 3 heterocycles. The predicted octanol–water partition coefficient (Wildman–Crippen LogP) is 1.95. The van der Waals surface area contributed by atoms with Crippen LogP contribution in [0.4, 0.5) is 0 Å². The summed E-state index contributed by atoms with van der Waals surface area (Å²) in [6.45, 7) is 0. The Hall–Kier alpha value is -2.41. The summed E-state index contributed by atoms with van der Waals surface area (Å²) in [6.07, 6.45) is 0.304. The molecule has 0 fully saturated rings. The SMILES string of the molecule is COC(=O)c1ccc(Cc2nc3ccsc3c(=O)[nH]2)o1. The number of aromatic nitrogens is 2. The second kappa shape index (κ2) is 4.93. The van der Waals surface area contributed by atoms with E-state index in [0.717, 1.165) is 0 Å². The first-order valence-electron chi connectivity index (χ1n) is 5.81. The molecule has 0 saturated carbocycles. The second-order valence-corrected chi connectivity index (χ2v) is 5.00. The van der Waals surface area contributed by atoms with E-state index in [2.05, 4.69) is 14.7 Å². The number of ether oxygens (including phenoxy) is 1. The molecule has 3 aromatic rings. The van der Waals surface area contributed by atoms with Gasteiger partial charge in [-0.1, -0.05) is 0 Å². The number of esters is 1. The molecule has 0 atom stereocenters. The quantitative estimate of drug-likeness (QED) is 0.745. The minimum atomic E-state index is -0.536. The number of nitrogens with one attached hydrogen (secondary N) is 1. The van der Waals surface area contributed by atoms with E-state index in [1.54, 1.807) is 12.1 Å². The number of carbonyl (C=O) groups excluding carboxylic acids is 1. The fourth-order valence-corrected chi connectivity index (χ4v) is 2.58. The van der Waals surface area contributed by atoms with E-state index in [9.17, 15) is 9.59 Å². The molecule has 0 aromatic carbocycles. The van der Waals surface area contributed by atoms with Crippen molar-refractivity contribution in [2.75, 3.05) is 7.11 Å². The van der Waals surface area contributed by atoms with Crippen LogP contribution in [-0.2, 0) is 11.2 Å². The van der Waals surface area contributed by atoms with Crippen molar-refractivity contribution in [3.8, 4) is 0 Å². The highest BCUT2D eigenvalue weighted by Crippen LogP contribution is 2.16. The Morgan fingerprint density at radius 3 is 3.10 bits per heavy atom. The number of aromatic amines is 1. The Kier molecular flexibility index (Phi) is 3.11. The molecule has 0 saturated heterocycles. The van der Waals surface area contributed by atoms with Crippen molar-refractivity contribution in [2.45, 2.75) is 6.42 Å². The van der Waals surface area contributed by atoms with Crippen molar-refractivity contribution in [3.63, 3.8) is 0 Å². The molecule has 7 heteroatoms. The lowest BCUT2D eigenvalue weighted by atomic mass is 10.3. The molecular weight excluding hydrogens is 280 g/mol. The largest absolute Gasteiger partial charge is 0.463 e. The van der Waals surface area contributed by atoms with Gasteiger partial charge in [0.25, 0.3) is 5.56 Å². The van der Waals surface area contributed by atoms with Gasteiger partial charge in [0, 0.05) is 0 Å². The van der Waals surface area contributed by atoms with Gasteiger partial charge in [0.05, 0.1) is 19.0 Å². The van der Waals surface area contributed by atoms with Crippen molar-refractivity contribution >= 4 is 27.5 Å². The fourth-order valence-electron chi connectivity index (χ4n) is 1.85. The minimum absolute atomic E-state index is 0.126. The van der Waals surface area contributed by atoms with Crippen LogP contribution in [0.3, 0.4) is 0 Å². The highest BCUT2D eigenvalue weighted by atomic mass is 32.1. The first-order valence-corrected chi connectivity index (χ1v) is 6.69. The van der Waals surface area contributed by atoms with Gasteiger partial charge in [-0.25, -0.2) is 9.78 Å². The molecule has 0 aliphatic heterocycles. The van der Waals surface area contributed by atoms with Crippen LogP contribution in [0.25, 0.3) is 10.2 Å². The summed E-state index contributed by atoms with van der Waals surface area (Å²) < 4.78 is 10.5. The number of hydrogen-bond donors (Lipinski definition) is 1.